The summed E-state index contributed by atoms with van der Waals surface area (Å²) in [6, 6.07) is -0.0358. The highest BCUT2D eigenvalue weighted by atomic mass is 16.4. The second kappa shape index (κ2) is 3.84. The molecule has 0 aromatic carbocycles. The van der Waals surface area contributed by atoms with Crippen LogP contribution in [-0.2, 0) is 0 Å². The lowest BCUT2D eigenvalue weighted by Crippen LogP contribution is -2.63. The van der Waals surface area contributed by atoms with Crippen molar-refractivity contribution in [3.05, 3.63) is 0 Å². The van der Waals surface area contributed by atoms with E-state index < -0.39 is 6.09 Å². The van der Waals surface area contributed by atoms with Gasteiger partial charge in [-0.05, 0) is 12.8 Å². The van der Waals surface area contributed by atoms with E-state index in [9.17, 15) is 9.59 Å². The summed E-state index contributed by atoms with van der Waals surface area (Å²) in [5, 5.41) is 11.4. The quantitative estimate of drug-likeness (QED) is 0.629. The van der Waals surface area contributed by atoms with Crippen molar-refractivity contribution in [1.82, 2.24) is 15.1 Å². The molecule has 0 unspecified atom stereocenters. The van der Waals surface area contributed by atoms with Crippen LogP contribution in [0.3, 0.4) is 0 Å². The number of carbonyl (C=O) groups excluding carboxylic acids is 1. The van der Waals surface area contributed by atoms with Crippen LogP contribution in [0.4, 0.5) is 9.59 Å². The Kier molecular flexibility index (Phi) is 2.65. The summed E-state index contributed by atoms with van der Waals surface area (Å²) in [6.07, 6.45) is 0.900. The number of carboxylic acid groups (broad SMARTS) is 1. The number of rotatable bonds is 0. The van der Waals surface area contributed by atoms with Crippen molar-refractivity contribution in [1.29, 1.82) is 0 Å². The molecule has 0 aromatic rings. The van der Waals surface area contributed by atoms with Gasteiger partial charge in [0.1, 0.15) is 0 Å². The molecule has 0 saturated carbocycles. The zero-order valence-electron chi connectivity index (χ0n) is 9.40. The third kappa shape index (κ3) is 1.79. The lowest BCUT2D eigenvalue weighted by atomic mass is 9.72. The number of carbonyl (C=O) groups is 2. The van der Waals surface area contributed by atoms with Crippen LogP contribution < -0.4 is 5.32 Å². The topological polar surface area (TPSA) is 72.9 Å². The molecule has 6 nitrogen and oxygen atoms in total. The predicted octanol–water partition coefficient (Wildman–Crippen LogP) is 0.402. The monoisotopic (exact) mass is 227 g/mol. The van der Waals surface area contributed by atoms with Gasteiger partial charge < -0.3 is 20.2 Å². The summed E-state index contributed by atoms with van der Waals surface area (Å²) in [7, 11) is 1.63. The van der Waals surface area contributed by atoms with Crippen molar-refractivity contribution in [2.75, 3.05) is 33.2 Å². The van der Waals surface area contributed by atoms with E-state index in [1.54, 1.807) is 11.9 Å². The fraction of sp³-hybridized carbons (Fsp3) is 0.800. The fourth-order valence-electron chi connectivity index (χ4n) is 2.55. The molecule has 6 heteroatoms. The Morgan fingerprint density at radius 2 is 1.75 bits per heavy atom. The summed E-state index contributed by atoms with van der Waals surface area (Å²) in [5.74, 6) is 0. The minimum atomic E-state index is -0.836. The van der Waals surface area contributed by atoms with Crippen LogP contribution >= 0.6 is 0 Å². The molecule has 2 aliphatic rings. The summed E-state index contributed by atoms with van der Waals surface area (Å²) < 4.78 is 0. The molecule has 0 aromatic heterocycles. The Hall–Kier alpha value is -1.46. The third-order valence-corrected chi connectivity index (χ3v) is 3.65. The van der Waals surface area contributed by atoms with Gasteiger partial charge in [-0.25, -0.2) is 9.59 Å². The normalized spacial score (nSPS) is 22.8. The lowest BCUT2D eigenvalue weighted by Gasteiger charge is -2.53. The second-order valence-electron chi connectivity index (χ2n) is 4.68. The number of piperidine rings is 1. The molecule has 90 valence electrons. The Labute approximate surface area is 94.2 Å². The van der Waals surface area contributed by atoms with Gasteiger partial charge >= 0.3 is 12.1 Å². The van der Waals surface area contributed by atoms with Crippen molar-refractivity contribution in [2.24, 2.45) is 5.41 Å². The number of amides is 3. The van der Waals surface area contributed by atoms with Crippen LogP contribution in [-0.4, -0.2) is 60.3 Å². The Morgan fingerprint density at radius 3 is 2.19 bits per heavy atom. The number of nitrogens with zero attached hydrogens (tertiary/aromatic N) is 2. The molecule has 2 N–H and O–H groups in total. The van der Waals surface area contributed by atoms with E-state index in [-0.39, 0.29) is 11.4 Å². The Bertz CT molecular complexity index is 302. The molecule has 0 atom stereocenters. The minimum Gasteiger partial charge on any atom is -0.465 e. The Morgan fingerprint density at radius 1 is 1.19 bits per heavy atom. The van der Waals surface area contributed by atoms with Crippen molar-refractivity contribution >= 4 is 12.1 Å². The standard InChI is InChI=1S/C10H17N3O3/c1-11-8(14)13-6-10(7-13)2-4-12(5-3-10)9(15)16/h2-7H2,1H3,(H,11,14)(H,15,16). The number of nitrogens with one attached hydrogen (secondary N) is 1. The SMILES string of the molecule is CNC(=O)N1CC2(CCN(C(=O)O)CC2)C1. The molecule has 2 fully saturated rings. The molecular weight excluding hydrogens is 210 g/mol. The van der Waals surface area contributed by atoms with E-state index in [2.05, 4.69) is 5.32 Å². The van der Waals surface area contributed by atoms with E-state index in [0.717, 1.165) is 25.9 Å². The summed E-state index contributed by atoms with van der Waals surface area (Å²) in [6.45, 7) is 2.72. The molecule has 2 heterocycles. The number of hydrogen-bond acceptors (Lipinski definition) is 2. The largest absolute Gasteiger partial charge is 0.465 e. The maximum Gasteiger partial charge on any atom is 0.407 e. The highest BCUT2D eigenvalue weighted by Crippen LogP contribution is 2.40. The van der Waals surface area contributed by atoms with Gasteiger partial charge in [0.15, 0.2) is 0 Å². The maximum atomic E-state index is 11.3. The van der Waals surface area contributed by atoms with Crippen LogP contribution in [0.15, 0.2) is 0 Å². The van der Waals surface area contributed by atoms with E-state index in [4.69, 9.17) is 5.11 Å². The first-order chi connectivity index (χ1) is 7.56. The lowest BCUT2D eigenvalue weighted by molar-refractivity contribution is -0.0173. The van der Waals surface area contributed by atoms with Crippen molar-refractivity contribution in [3.63, 3.8) is 0 Å². The minimum absolute atomic E-state index is 0.0358. The smallest absolute Gasteiger partial charge is 0.407 e. The van der Waals surface area contributed by atoms with Crippen molar-refractivity contribution < 1.29 is 14.7 Å². The van der Waals surface area contributed by atoms with E-state index in [1.165, 1.54) is 4.90 Å². The van der Waals surface area contributed by atoms with Gasteiger partial charge in [0.05, 0.1) is 0 Å². The number of urea groups is 1. The van der Waals surface area contributed by atoms with Crippen molar-refractivity contribution in [2.45, 2.75) is 12.8 Å². The molecule has 0 bridgehead atoms. The predicted molar refractivity (Wildman–Crippen MR) is 57.3 cm³/mol. The van der Waals surface area contributed by atoms with Gasteiger partial charge in [-0.2, -0.15) is 0 Å². The van der Waals surface area contributed by atoms with Crippen molar-refractivity contribution in [3.8, 4) is 0 Å². The molecule has 2 saturated heterocycles. The number of hydrogen-bond donors (Lipinski definition) is 2. The zero-order chi connectivity index (χ0) is 11.8. The zero-order valence-corrected chi connectivity index (χ0v) is 9.40. The van der Waals surface area contributed by atoms with Gasteiger partial charge in [-0.15, -0.1) is 0 Å². The average Bonchev–Trinajstić information content (AvgIpc) is 2.25. The second-order valence-corrected chi connectivity index (χ2v) is 4.68. The van der Waals surface area contributed by atoms with Crippen LogP contribution in [0.1, 0.15) is 12.8 Å². The molecule has 16 heavy (non-hydrogen) atoms. The molecule has 0 aliphatic carbocycles. The van der Waals surface area contributed by atoms with Crippen LogP contribution in [0.25, 0.3) is 0 Å². The van der Waals surface area contributed by atoms with E-state index in [1.807, 2.05) is 0 Å². The fourth-order valence-corrected chi connectivity index (χ4v) is 2.55. The van der Waals surface area contributed by atoms with E-state index in [0.29, 0.717) is 13.1 Å². The molecule has 1 spiro atoms. The first kappa shape index (κ1) is 11.0. The highest BCUT2D eigenvalue weighted by Gasteiger charge is 2.47. The van der Waals surface area contributed by atoms with Gasteiger partial charge in [0, 0.05) is 38.6 Å². The molecule has 2 aliphatic heterocycles. The molecule has 3 amide bonds. The van der Waals surface area contributed by atoms with Gasteiger partial charge in [-0.3, -0.25) is 0 Å². The summed E-state index contributed by atoms with van der Waals surface area (Å²) in [5.41, 5.74) is 0.179. The average molecular weight is 227 g/mol. The van der Waals surface area contributed by atoms with Gasteiger partial charge in [-0.1, -0.05) is 0 Å². The summed E-state index contributed by atoms with van der Waals surface area (Å²) >= 11 is 0. The first-order valence-electron chi connectivity index (χ1n) is 5.51. The maximum absolute atomic E-state index is 11.3. The molecule has 2 rings (SSSR count). The first-order valence-corrected chi connectivity index (χ1v) is 5.51. The van der Waals surface area contributed by atoms with Gasteiger partial charge in [0.2, 0.25) is 0 Å². The van der Waals surface area contributed by atoms with Crippen LogP contribution in [0.2, 0.25) is 0 Å². The van der Waals surface area contributed by atoms with Crippen LogP contribution in [0.5, 0.6) is 0 Å². The van der Waals surface area contributed by atoms with Gasteiger partial charge in [0.25, 0.3) is 0 Å². The third-order valence-electron chi connectivity index (χ3n) is 3.65. The summed E-state index contributed by atoms with van der Waals surface area (Å²) in [4.78, 5) is 25.3. The molecule has 0 radical (unpaired) electrons. The molecular formula is C10H17N3O3. The van der Waals surface area contributed by atoms with Crippen LogP contribution in [0, 0.1) is 5.41 Å². The van der Waals surface area contributed by atoms with E-state index >= 15 is 0 Å². The number of likely N-dealkylation sites (tertiary alicyclic amines) is 2. The highest BCUT2D eigenvalue weighted by molar-refractivity contribution is 5.75. The Balaban J connectivity index is 1.83.